The minimum atomic E-state index is 0. The molecule has 0 aliphatic heterocycles. The highest BCUT2D eigenvalue weighted by Crippen LogP contribution is 2.19. The third kappa shape index (κ3) is 6.78. The van der Waals surface area contributed by atoms with E-state index in [0.29, 0.717) is 25.0 Å². The molecular weight excluding hydrogens is 413 g/mol. The average Bonchev–Trinajstić information content (AvgIpc) is 2.51. The predicted octanol–water partition coefficient (Wildman–Crippen LogP) is 4.57. The van der Waals surface area contributed by atoms with E-state index in [1.807, 2.05) is 55.5 Å². The van der Waals surface area contributed by atoms with Crippen molar-refractivity contribution in [2.75, 3.05) is 11.9 Å². The van der Waals surface area contributed by atoms with Crippen LogP contribution in [0.15, 0.2) is 53.5 Å². The number of hydrogen-bond donors (Lipinski definition) is 2. The van der Waals surface area contributed by atoms with Gasteiger partial charge in [-0.2, -0.15) is 0 Å². The molecule has 4 nitrogen and oxygen atoms in total. The van der Waals surface area contributed by atoms with Gasteiger partial charge in [0.15, 0.2) is 5.96 Å². The van der Waals surface area contributed by atoms with Gasteiger partial charge >= 0.3 is 0 Å². The van der Waals surface area contributed by atoms with E-state index < -0.39 is 0 Å². The zero-order valence-corrected chi connectivity index (χ0v) is 16.8. The van der Waals surface area contributed by atoms with Crippen molar-refractivity contribution in [2.24, 2.45) is 16.6 Å². The number of para-hydroxylation sites is 1. The topological polar surface area (TPSA) is 59.6 Å². The highest BCUT2D eigenvalue weighted by atomic mass is 127. The van der Waals surface area contributed by atoms with Crippen LogP contribution in [-0.4, -0.2) is 12.6 Å². The summed E-state index contributed by atoms with van der Waals surface area (Å²) < 4.78 is 5.83. The van der Waals surface area contributed by atoms with Gasteiger partial charge in [0.25, 0.3) is 0 Å². The van der Waals surface area contributed by atoms with Crippen molar-refractivity contribution in [2.45, 2.75) is 27.3 Å². The smallest absolute Gasteiger partial charge is 0.193 e. The normalized spacial score (nSPS) is 11.1. The van der Waals surface area contributed by atoms with Crippen LogP contribution in [0.5, 0.6) is 5.75 Å². The number of nitrogens with two attached hydrogens (primary N) is 1. The molecule has 0 spiro atoms. The first-order valence-corrected chi connectivity index (χ1v) is 7.89. The summed E-state index contributed by atoms with van der Waals surface area (Å²) in [6, 6.07) is 16.0. The second-order valence-electron chi connectivity index (χ2n) is 6.01. The number of guanidine groups is 1. The lowest BCUT2D eigenvalue weighted by Gasteiger charge is -2.12. The third-order valence-electron chi connectivity index (χ3n) is 3.26. The molecule has 0 aliphatic carbocycles. The van der Waals surface area contributed by atoms with Crippen LogP contribution in [0, 0.1) is 12.8 Å². The van der Waals surface area contributed by atoms with E-state index >= 15 is 0 Å². The lowest BCUT2D eigenvalue weighted by molar-refractivity contribution is 0.268. The van der Waals surface area contributed by atoms with Gasteiger partial charge < -0.3 is 15.8 Å². The van der Waals surface area contributed by atoms with Crippen LogP contribution < -0.4 is 15.8 Å². The molecule has 0 radical (unpaired) electrons. The molecule has 0 atom stereocenters. The molecule has 5 heteroatoms. The van der Waals surface area contributed by atoms with Crippen LogP contribution in [-0.2, 0) is 6.54 Å². The van der Waals surface area contributed by atoms with E-state index in [9.17, 15) is 0 Å². The van der Waals surface area contributed by atoms with E-state index in [1.165, 1.54) is 5.56 Å². The Morgan fingerprint density at radius 1 is 1.17 bits per heavy atom. The Hall–Kier alpha value is -1.76. The number of aliphatic imine (C=N–C) groups is 1. The van der Waals surface area contributed by atoms with Gasteiger partial charge in [0, 0.05) is 11.3 Å². The van der Waals surface area contributed by atoms with Crippen molar-refractivity contribution in [3.63, 3.8) is 0 Å². The van der Waals surface area contributed by atoms with Gasteiger partial charge in [0.1, 0.15) is 5.75 Å². The molecule has 0 saturated heterocycles. The maximum atomic E-state index is 5.97. The van der Waals surface area contributed by atoms with Crippen molar-refractivity contribution in [1.29, 1.82) is 0 Å². The Labute approximate surface area is 161 Å². The van der Waals surface area contributed by atoms with Crippen LogP contribution in [0.1, 0.15) is 25.0 Å². The summed E-state index contributed by atoms with van der Waals surface area (Å²) >= 11 is 0. The molecule has 0 bridgehead atoms. The average molecular weight is 439 g/mol. The Bertz CT molecular complexity index is 671. The number of hydrogen-bond acceptors (Lipinski definition) is 2. The highest BCUT2D eigenvalue weighted by molar-refractivity contribution is 14.0. The summed E-state index contributed by atoms with van der Waals surface area (Å²) in [7, 11) is 0. The number of nitrogens with zero attached hydrogens (tertiary/aromatic N) is 1. The van der Waals surface area contributed by atoms with Gasteiger partial charge in [-0.3, -0.25) is 0 Å². The molecule has 2 aromatic carbocycles. The van der Waals surface area contributed by atoms with Crippen LogP contribution in [0.3, 0.4) is 0 Å². The predicted molar refractivity (Wildman–Crippen MR) is 112 cm³/mol. The number of nitrogens with one attached hydrogen (secondary N) is 1. The molecule has 0 aromatic heterocycles. The molecule has 0 amide bonds. The highest BCUT2D eigenvalue weighted by Gasteiger charge is 2.04. The van der Waals surface area contributed by atoms with Gasteiger partial charge in [-0.25, -0.2) is 4.99 Å². The first-order valence-electron chi connectivity index (χ1n) is 7.89. The Kier molecular flexibility index (Phi) is 8.60. The lowest BCUT2D eigenvalue weighted by Crippen LogP contribution is -2.22. The van der Waals surface area contributed by atoms with E-state index in [2.05, 4.69) is 24.2 Å². The molecule has 0 heterocycles. The number of aryl methyl sites for hydroxylation is 1. The number of ether oxygens (including phenoxy) is 1. The minimum Gasteiger partial charge on any atom is -0.493 e. The first kappa shape index (κ1) is 20.3. The fraction of sp³-hybridized carbons (Fsp3) is 0.316. The van der Waals surface area contributed by atoms with Crippen molar-refractivity contribution >= 4 is 35.6 Å². The number of benzene rings is 2. The number of anilines is 1. The SMILES string of the molecule is Cc1cccc(NC(N)=NCc2ccccc2OCC(C)C)c1.I. The molecule has 130 valence electrons. The second kappa shape index (κ2) is 10.2. The number of halogens is 1. The zero-order valence-electron chi connectivity index (χ0n) is 14.5. The molecule has 2 aromatic rings. The van der Waals surface area contributed by atoms with E-state index in [4.69, 9.17) is 10.5 Å². The molecule has 2 rings (SSSR count). The van der Waals surface area contributed by atoms with E-state index in [-0.39, 0.29) is 24.0 Å². The van der Waals surface area contributed by atoms with Crippen LogP contribution >= 0.6 is 24.0 Å². The molecule has 3 N–H and O–H groups in total. The molecule has 24 heavy (non-hydrogen) atoms. The summed E-state index contributed by atoms with van der Waals surface area (Å²) in [6.07, 6.45) is 0. The zero-order chi connectivity index (χ0) is 16.7. The molecule has 0 unspecified atom stereocenters. The third-order valence-corrected chi connectivity index (χ3v) is 3.26. The standard InChI is InChI=1S/C19H25N3O.HI/c1-14(2)13-23-18-10-5-4-8-16(18)12-21-19(20)22-17-9-6-7-15(3)11-17;/h4-11,14H,12-13H2,1-3H3,(H3,20,21,22);1H. The van der Waals surface area contributed by atoms with Gasteiger partial charge in [0.05, 0.1) is 13.2 Å². The lowest BCUT2D eigenvalue weighted by atomic mass is 10.2. The quantitative estimate of drug-likeness (QED) is 0.394. The molecular formula is C19H26IN3O. The molecule has 0 fully saturated rings. The monoisotopic (exact) mass is 439 g/mol. The second-order valence-corrected chi connectivity index (χ2v) is 6.01. The van der Waals surface area contributed by atoms with Crippen LogP contribution in [0.25, 0.3) is 0 Å². The first-order chi connectivity index (χ1) is 11.0. The summed E-state index contributed by atoms with van der Waals surface area (Å²) in [6.45, 7) is 7.48. The maximum Gasteiger partial charge on any atom is 0.193 e. The molecule has 0 saturated carbocycles. The van der Waals surface area contributed by atoms with Crippen molar-refractivity contribution < 1.29 is 4.74 Å². The van der Waals surface area contributed by atoms with Gasteiger partial charge in [-0.1, -0.05) is 44.2 Å². The fourth-order valence-electron chi connectivity index (χ4n) is 2.11. The summed E-state index contributed by atoms with van der Waals surface area (Å²) in [4.78, 5) is 4.41. The summed E-state index contributed by atoms with van der Waals surface area (Å²) in [5.74, 6) is 1.75. The minimum absolute atomic E-state index is 0. The molecule has 0 aliphatic rings. The van der Waals surface area contributed by atoms with Crippen LogP contribution in [0.2, 0.25) is 0 Å². The van der Waals surface area contributed by atoms with Gasteiger partial charge in [-0.15, -0.1) is 24.0 Å². The van der Waals surface area contributed by atoms with E-state index in [0.717, 1.165) is 17.0 Å². The van der Waals surface area contributed by atoms with Gasteiger partial charge in [-0.05, 0) is 36.6 Å². The summed E-state index contributed by atoms with van der Waals surface area (Å²) in [5.41, 5.74) is 9.12. The van der Waals surface area contributed by atoms with Crippen molar-refractivity contribution in [1.82, 2.24) is 0 Å². The largest absolute Gasteiger partial charge is 0.493 e. The van der Waals surface area contributed by atoms with Crippen molar-refractivity contribution in [3.05, 3.63) is 59.7 Å². The fourth-order valence-corrected chi connectivity index (χ4v) is 2.11. The summed E-state index contributed by atoms with van der Waals surface area (Å²) in [5, 5.41) is 3.11. The van der Waals surface area contributed by atoms with Gasteiger partial charge in [0.2, 0.25) is 0 Å². The van der Waals surface area contributed by atoms with E-state index in [1.54, 1.807) is 0 Å². The Morgan fingerprint density at radius 2 is 1.92 bits per heavy atom. The van der Waals surface area contributed by atoms with Crippen molar-refractivity contribution in [3.8, 4) is 5.75 Å². The number of rotatable bonds is 6. The Morgan fingerprint density at radius 3 is 2.62 bits per heavy atom. The Balaban J connectivity index is 0.00000288. The van der Waals surface area contributed by atoms with Crippen LogP contribution in [0.4, 0.5) is 5.69 Å². The maximum absolute atomic E-state index is 5.97.